The lowest BCUT2D eigenvalue weighted by Crippen LogP contribution is -2.13. The molecule has 0 aliphatic carbocycles. The number of aromatic nitrogens is 1. The zero-order chi connectivity index (χ0) is 14.8. The topological polar surface area (TPSA) is 45.0 Å². The van der Waals surface area contributed by atoms with Gasteiger partial charge in [-0.15, -0.1) is 11.3 Å². The SMILES string of the molecule is CCN(Sc1cccs1)c1cccc2cc(C(N)=S)[nH]c12. The Bertz CT molecular complexity index is 762. The van der Waals surface area contributed by atoms with Crippen LogP contribution < -0.4 is 10.0 Å². The molecule has 3 nitrogen and oxygen atoms in total. The number of nitrogens with two attached hydrogens (primary N) is 1. The molecule has 21 heavy (non-hydrogen) atoms. The Kier molecular flexibility index (Phi) is 4.19. The number of thiocarbonyl (C=S) groups is 1. The fourth-order valence-corrected chi connectivity index (χ4v) is 4.09. The molecular weight excluding hydrogens is 318 g/mol. The largest absolute Gasteiger partial charge is 0.388 e. The predicted octanol–water partition coefficient (Wildman–Crippen LogP) is 4.40. The molecule has 0 spiro atoms. The maximum Gasteiger partial charge on any atom is 0.120 e. The van der Waals surface area contributed by atoms with Crippen LogP contribution in [-0.4, -0.2) is 16.5 Å². The van der Waals surface area contributed by atoms with Gasteiger partial charge in [0, 0.05) is 11.9 Å². The molecule has 2 aromatic heterocycles. The summed E-state index contributed by atoms with van der Waals surface area (Å²) in [6.07, 6.45) is 0. The van der Waals surface area contributed by atoms with Gasteiger partial charge in [0.05, 0.1) is 21.1 Å². The van der Waals surface area contributed by atoms with E-state index in [9.17, 15) is 0 Å². The van der Waals surface area contributed by atoms with E-state index in [1.165, 1.54) is 4.21 Å². The molecule has 3 aromatic rings. The second-order valence-electron chi connectivity index (χ2n) is 4.51. The molecule has 6 heteroatoms. The van der Waals surface area contributed by atoms with Crippen molar-refractivity contribution < 1.29 is 0 Å². The summed E-state index contributed by atoms with van der Waals surface area (Å²) >= 11 is 8.56. The third-order valence-corrected chi connectivity index (χ3v) is 5.54. The van der Waals surface area contributed by atoms with Gasteiger partial charge in [-0.3, -0.25) is 0 Å². The Morgan fingerprint density at radius 1 is 1.38 bits per heavy atom. The molecule has 0 amide bonds. The van der Waals surface area contributed by atoms with Crippen molar-refractivity contribution in [2.24, 2.45) is 5.73 Å². The Balaban J connectivity index is 2.03. The first-order chi connectivity index (χ1) is 10.2. The van der Waals surface area contributed by atoms with Gasteiger partial charge in [0.2, 0.25) is 0 Å². The van der Waals surface area contributed by atoms with Crippen molar-refractivity contribution in [2.45, 2.75) is 11.1 Å². The van der Waals surface area contributed by atoms with Crippen LogP contribution in [0.1, 0.15) is 12.6 Å². The van der Waals surface area contributed by atoms with Crippen LogP contribution in [0, 0.1) is 0 Å². The summed E-state index contributed by atoms with van der Waals surface area (Å²) in [6, 6.07) is 12.5. The molecule has 0 saturated carbocycles. The molecular formula is C15H15N3S3. The van der Waals surface area contributed by atoms with Crippen molar-refractivity contribution in [3.63, 3.8) is 0 Å². The van der Waals surface area contributed by atoms with Crippen LogP contribution in [0.5, 0.6) is 0 Å². The van der Waals surface area contributed by atoms with Gasteiger partial charge in [-0.25, -0.2) is 0 Å². The van der Waals surface area contributed by atoms with Crippen LogP contribution in [0.25, 0.3) is 10.9 Å². The smallest absolute Gasteiger partial charge is 0.120 e. The zero-order valence-corrected chi connectivity index (χ0v) is 13.9. The zero-order valence-electron chi connectivity index (χ0n) is 11.5. The van der Waals surface area contributed by atoms with E-state index in [1.54, 1.807) is 23.3 Å². The van der Waals surface area contributed by atoms with Gasteiger partial charge in [-0.1, -0.05) is 30.4 Å². The Labute approximate surface area is 137 Å². The molecule has 3 rings (SSSR count). The number of nitrogens with one attached hydrogen (secondary N) is 1. The lowest BCUT2D eigenvalue weighted by molar-refractivity contribution is 1.11. The number of nitrogens with zero attached hydrogens (tertiary/aromatic N) is 1. The highest BCUT2D eigenvalue weighted by Gasteiger charge is 2.13. The first-order valence-electron chi connectivity index (χ1n) is 6.59. The summed E-state index contributed by atoms with van der Waals surface area (Å²) < 4.78 is 3.54. The predicted molar refractivity (Wildman–Crippen MR) is 97.4 cm³/mol. The minimum absolute atomic E-state index is 0.395. The molecule has 2 heterocycles. The van der Waals surface area contributed by atoms with Crippen molar-refractivity contribution in [2.75, 3.05) is 10.8 Å². The minimum Gasteiger partial charge on any atom is -0.388 e. The second kappa shape index (κ2) is 6.09. The summed E-state index contributed by atoms with van der Waals surface area (Å²) in [5, 5.41) is 3.22. The number of H-pyrrole nitrogens is 1. The number of anilines is 1. The van der Waals surface area contributed by atoms with Crippen LogP contribution in [0.3, 0.4) is 0 Å². The van der Waals surface area contributed by atoms with E-state index in [-0.39, 0.29) is 0 Å². The first-order valence-corrected chi connectivity index (χ1v) is 8.65. The summed E-state index contributed by atoms with van der Waals surface area (Å²) in [5.74, 6) is 0. The first kappa shape index (κ1) is 14.4. The second-order valence-corrected chi connectivity index (χ2v) is 7.22. The molecule has 0 aliphatic rings. The van der Waals surface area contributed by atoms with Crippen LogP contribution in [0.15, 0.2) is 46.0 Å². The molecule has 0 saturated heterocycles. The summed E-state index contributed by atoms with van der Waals surface area (Å²) in [6.45, 7) is 3.06. The average molecular weight is 334 g/mol. The lowest BCUT2D eigenvalue weighted by Gasteiger charge is -2.21. The van der Waals surface area contributed by atoms with Crippen LogP contribution in [0.2, 0.25) is 0 Å². The molecule has 108 valence electrons. The monoisotopic (exact) mass is 333 g/mol. The number of hydrogen-bond donors (Lipinski definition) is 2. The summed E-state index contributed by atoms with van der Waals surface area (Å²) in [4.78, 5) is 3.73. The summed E-state index contributed by atoms with van der Waals surface area (Å²) in [5.41, 5.74) is 8.76. The van der Waals surface area contributed by atoms with E-state index < -0.39 is 0 Å². The van der Waals surface area contributed by atoms with Gasteiger partial charge in [-0.2, -0.15) is 0 Å². The number of para-hydroxylation sites is 1. The normalized spacial score (nSPS) is 10.9. The fourth-order valence-electron chi connectivity index (χ4n) is 2.19. The maximum absolute atomic E-state index is 5.73. The molecule has 0 aliphatic heterocycles. The van der Waals surface area contributed by atoms with E-state index in [2.05, 4.69) is 51.9 Å². The molecule has 0 bridgehead atoms. The van der Waals surface area contributed by atoms with E-state index in [1.807, 2.05) is 6.07 Å². The van der Waals surface area contributed by atoms with Crippen LogP contribution in [-0.2, 0) is 0 Å². The summed E-state index contributed by atoms with van der Waals surface area (Å²) in [7, 11) is 0. The Morgan fingerprint density at radius 3 is 2.90 bits per heavy atom. The van der Waals surface area contributed by atoms with E-state index >= 15 is 0 Å². The maximum atomic E-state index is 5.73. The van der Waals surface area contributed by atoms with Gasteiger partial charge in [0.1, 0.15) is 4.99 Å². The molecule has 0 unspecified atom stereocenters. The van der Waals surface area contributed by atoms with Gasteiger partial charge in [0.15, 0.2) is 0 Å². The number of thiophene rings is 1. The Morgan fingerprint density at radius 2 is 2.24 bits per heavy atom. The third-order valence-electron chi connectivity index (χ3n) is 3.15. The van der Waals surface area contributed by atoms with Crippen molar-refractivity contribution >= 4 is 57.1 Å². The quantitative estimate of drug-likeness (QED) is 0.537. The highest BCUT2D eigenvalue weighted by molar-refractivity contribution is 8.02. The average Bonchev–Trinajstić information content (AvgIpc) is 3.13. The highest BCUT2D eigenvalue weighted by atomic mass is 32.2. The number of aromatic amines is 1. The molecule has 0 radical (unpaired) electrons. The lowest BCUT2D eigenvalue weighted by atomic mass is 10.2. The van der Waals surface area contributed by atoms with Gasteiger partial charge in [-0.05, 0) is 42.5 Å². The van der Waals surface area contributed by atoms with E-state index in [4.69, 9.17) is 18.0 Å². The molecule has 0 atom stereocenters. The van der Waals surface area contributed by atoms with Crippen LogP contribution in [0.4, 0.5) is 5.69 Å². The fraction of sp³-hybridized carbons (Fsp3) is 0.133. The van der Waals surface area contributed by atoms with Crippen LogP contribution >= 0.6 is 35.5 Å². The number of benzene rings is 1. The van der Waals surface area contributed by atoms with Crippen molar-refractivity contribution in [1.82, 2.24) is 4.98 Å². The molecule has 3 N–H and O–H groups in total. The van der Waals surface area contributed by atoms with Crippen molar-refractivity contribution in [3.8, 4) is 0 Å². The minimum atomic E-state index is 0.395. The van der Waals surface area contributed by atoms with Gasteiger partial charge >= 0.3 is 0 Å². The molecule has 0 fully saturated rings. The third kappa shape index (κ3) is 2.92. The standard InChI is InChI=1S/C15H15N3S3/c1-2-18(21-13-7-4-8-20-13)12-6-3-5-10-9-11(15(16)19)17-14(10)12/h3-9,17H,2H2,1H3,(H2,16,19). The van der Waals surface area contributed by atoms with Crippen molar-refractivity contribution in [3.05, 3.63) is 47.5 Å². The van der Waals surface area contributed by atoms with E-state index in [0.717, 1.165) is 28.8 Å². The van der Waals surface area contributed by atoms with E-state index in [0.29, 0.717) is 4.99 Å². The van der Waals surface area contributed by atoms with Gasteiger partial charge < -0.3 is 15.0 Å². The number of hydrogen-bond acceptors (Lipinski definition) is 4. The molecule has 1 aromatic carbocycles. The van der Waals surface area contributed by atoms with Gasteiger partial charge in [0.25, 0.3) is 0 Å². The highest BCUT2D eigenvalue weighted by Crippen LogP contribution is 2.35. The number of rotatable bonds is 5. The Hall–Kier alpha value is -1.50. The van der Waals surface area contributed by atoms with Crippen molar-refractivity contribution in [1.29, 1.82) is 0 Å². The number of fused-ring (bicyclic) bond motifs is 1.